The molecule has 3 aromatic rings. The molecule has 9 heteroatoms. The topological polar surface area (TPSA) is 99.9 Å². The van der Waals surface area contributed by atoms with Crippen LogP contribution in [0.4, 0.5) is 5.95 Å². The van der Waals surface area contributed by atoms with Crippen molar-refractivity contribution >= 4 is 16.9 Å². The van der Waals surface area contributed by atoms with E-state index < -0.39 is 0 Å². The monoisotopic (exact) mass is 365 g/mol. The molecule has 1 aromatic carbocycles. The Bertz CT molecular complexity index is 1040. The molecular formula is C18H19N7O2. The zero-order valence-electron chi connectivity index (χ0n) is 14.7. The first-order chi connectivity index (χ1) is 13.1. The molecule has 27 heavy (non-hydrogen) atoms. The van der Waals surface area contributed by atoms with Gasteiger partial charge in [0.2, 0.25) is 5.95 Å². The number of anilines is 1. The lowest BCUT2D eigenvalue weighted by Gasteiger charge is -2.44. The summed E-state index contributed by atoms with van der Waals surface area (Å²) in [6.07, 6.45) is 4.91. The van der Waals surface area contributed by atoms with Crippen molar-refractivity contribution in [3.8, 4) is 5.69 Å². The van der Waals surface area contributed by atoms with Crippen LogP contribution in [0.1, 0.15) is 12.8 Å². The van der Waals surface area contributed by atoms with Crippen molar-refractivity contribution in [1.82, 2.24) is 25.0 Å². The number of rotatable bonds is 2. The first-order valence-corrected chi connectivity index (χ1v) is 9.14. The van der Waals surface area contributed by atoms with Gasteiger partial charge in [0.15, 0.2) is 0 Å². The van der Waals surface area contributed by atoms with Gasteiger partial charge in [-0.15, -0.1) is 5.10 Å². The van der Waals surface area contributed by atoms with Gasteiger partial charge >= 0.3 is 0 Å². The number of hydroxylamine groups is 3. The molecule has 0 unspecified atom stereocenters. The Morgan fingerprint density at radius 2 is 1.81 bits per heavy atom. The first-order valence-electron chi connectivity index (χ1n) is 9.14. The Hall–Kier alpha value is -2.91. The lowest BCUT2D eigenvalue weighted by atomic mass is 10.1. The largest absolute Gasteiger partial charge is 0.633 e. The van der Waals surface area contributed by atoms with Gasteiger partial charge in [-0.1, -0.05) is 17.3 Å². The number of benzene rings is 1. The first kappa shape index (κ1) is 16.3. The molecule has 6 rings (SSSR count). The van der Waals surface area contributed by atoms with Crippen molar-refractivity contribution in [2.24, 2.45) is 0 Å². The van der Waals surface area contributed by atoms with Crippen LogP contribution in [-0.4, -0.2) is 61.8 Å². The second-order valence-corrected chi connectivity index (χ2v) is 7.22. The summed E-state index contributed by atoms with van der Waals surface area (Å²) in [5, 5.41) is 21.1. The molecule has 3 saturated heterocycles. The van der Waals surface area contributed by atoms with Gasteiger partial charge in [0.1, 0.15) is 11.2 Å². The maximum absolute atomic E-state index is 12.7. The lowest BCUT2D eigenvalue weighted by molar-refractivity contribution is -0.881. The molecule has 3 aliphatic rings. The third kappa shape index (κ3) is 2.75. The van der Waals surface area contributed by atoms with E-state index in [0.29, 0.717) is 54.8 Å². The summed E-state index contributed by atoms with van der Waals surface area (Å²) in [5.74, 6) is 0.598. The number of nitrogens with zero attached hydrogens (tertiary/aromatic N) is 7. The summed E-state index contributed by atoms with van der Waals surface area (Å²) in [4.78, 5) is 23.7. The number of hydrogen-bond acceptors (Lipinski definition) is 7. The fraction of sp³-hybridized carbons (Fsp3) is 0.389. The Morgan fingerprint density at radius 3 is 2.59 bits per heavy atom. The predicted octanol–water partition coefficient (Wildman–Crippen LogP) is 0.868. The van der Waals surface area contributed by atoms with Gasteiger partial charge in [0, 0.05) is 18.9 Å². The van der Waals surface area contributed by atoms with E-state index in [-0.39, 0.29) is 10.2 Å². The van der Waals surface area contributed by atoms with Crippen molar-refractivity contribution in [1.29, 1.82) is 0 Å². The van der Waals surface area contributed by atoms with Crippen LogP contribution in [0.3, 0.4) is 0 Å². The van der Waals surface area contributed by atoms with Crippen LogP contribution in [0.2, 0.25) is 0 Å². The Morgan fingerprint density at radius 1 is 1.07 bits per heavy atom. The van der Waals surface area contributed by atoms with E-state index in [1.165, 1.54) is 4.68 Å². The molecule has 0 amide bonds. The molecular weight excluding hydrogens is 346 g/mol. The number of aromatic nitrogens is 5. The third-order valence-corrected chi connectivity index (χ3v) is 5.62. The average Bonchev–Trinajstić information content (AvgIpc) is 2.97. The number of piperidine rings is 1. The fourth-order valence-corrected chi connectivity index (χ4v) is 4.03. The molecule has 0 spiro atoms. The lowest BCUT2D eigenvalue weighted by Crippen LogP contribution is -2.47. The van der Waals surface area contributed by atoms with Gasteiger partial charge in [-0.3, -0.25) is 4.79 Å². The minimum Gasteiger partial charge on any atom is -0.633 e. The fourth-order valence-electron chi connectivity index (χ4n) is 4.03. The van der Waals surface area contributed by atoms with Crippen LogP contribution < -0.4 is 10.5 Å². The molecule has 3 fully saturated rings. The molecule has 0 N–H and O–H groups in total. The normalized spacial score (nSPS) is 24.9. The highest BCUT2D eigenvalue weighted by Crippen LogP contribution is 2.28. The van der Waals surface area contributed by atoms with Crippen molar-refractivity contribution in [2.75, 3.05) is 31.1 Å². The van der Waals surface area contributed by atoms with Crippen molar-refractivity contribution < 1.29 is 4.65 Å². The predicted molar refractivity (Wildman–Crippen MR) is 99.3 cm³/mol. The highest BCUT2D eigenvalue weighted by Gasteiger charge is 2.36. The van der Waals surface area contributed by atoms with E-state index in [1.807, 2.05) is 6.07 Å². The highest BCUT2D eigenvalue weighted by molar-refractivity contribution is 5.76. The molecule has 2 bridgehead atoms. The van der Waals surface area contributed by atoms with Gasteiger partial charge < -0.3 is 14.8 Å². The molecule has 0 saturated carbocycles. The number of quaternary nitrogens is 1. The summed E-state index contributed by atoms with van der Waals surface area (Å²) < 4.78 is 1.11. The third-order valence-electron chi connectivity index (χ3n) is 5.62. The van der Waals surface area contributed by atoms with E-state index in [2.05, 4.69) is 25.2 Å². The Balaban J connectivity index is 1.47. The van der Waals surface area contributed by atoms with E-state index >= 15 is 0 Å². The van der Waals surface area contributed by atoms with Gasteiger partial charge in [0.05, 0.1) is 44.0 Å². The molecule has 5 heterocycles. The van der Waals surface area contributed by atoms with Gasteiger partial charge in [-0.05, 0) is 12.1 Å². The van der Waals surface area contributed by atoms with Crippen LogP contribution in [0, 0.1) is 5.21 Å². The van der Waals surface area contributed by atoms with Gasteiger partial charge in [0.25, 0.3) is 5.56 Å². The molecule has 9 nitrogen and oxygen atoms in total. The van der Waals surface area contributed by atoms with Gasteiger partial charge in [-0.2, -0.15) is 4.68 Å². The summed E-state index contributed by atoms with van der Waals surface area (Å²) in [7, 11) is 0. The minimum absolute atomic E-state index is 0.104. The molecule has 2 aromatic heterocycles. The van der Waals surface area contributed by atoms with Crippen LogP contribution in [0.25, 0.3) is 16.6 Å². The van der Waals surface area contributed by atoms with E-state index in [0.717, 1.165) is 12.8 Å². The Kier molecular flexibility index (Phi) is 3.66. The smallest absolute Gasteiger partial charge is 0.282 e. The quantitative estimate of drug-likeness (QED) is 0.491. The van der Waals surface area contributed by atoms with Crippen molar-refractivity contribution in [3.63, 3.8) is 0 Å². The maximum atomic E-state index is 12.7. The summed E-state index contributed by atoms with van der Waals surface area (Å²) >= 11 is 0. The second kappa shape index (κ2) is 6.07. The minimum atomic E-state index is -0.254. The molecule has 3 aliphatic heterocycles. The van der Waals surface area contributed by atoms with Crippen molar-refractivity contribution in [3.05, 3.63) is 52.2 Å². The van der Waals surface area contributed by atoms with E-state index in [9.17, 15) is 10.0 Å². The van der Waals surface area contributed by atoms with Crippen LogP contribution in [0.15, 0.2) is 41.5 Å². The van der Waals surface area contributed by atoms with E-state index in [1.54, 1.807) is 30.6 Å². The van der Waals surface area contributed by atoms with Gasteiger partial charge in [-0.25, -0.2) is 9.97 Å². The highest BCUT2D eigenvalue weighted by atomic mass is 16.5. The van der Waals surface area contributed by atoms with Crippen molar-refractivity contribution in [2.45, 2.75) is 18.9 Å². The molecule has 0 atom stereocenters. The molecule has 0 radical (unpaired) electrons. The SMILES string of the molecule is O=c1c2ccccc2nnn1-c1cnc(N2CC[N+]3([O-])CCC2CC3)nc1. The summed E-state index contributed by atoms with van der Waals surface area (Å²) in [6.45, 7) is 2.56. The standard InChI is InChI=1S/C18H19N7O2/c26-17-15-3-1-2-4-16(15)21-22-24(17)14-11-19-18(20-12-14)23-7-10-25(27)8-5-13(23)6-9-25/h1-4,11-13H,5-10H2. The van der Waals surface area contributed by atoms with E-state index in [4.69, 9.17) is 0 Å². The van der Waals surface area contributed by atoms with Crippen LogP contribution in [0.5, 0.6) is 0 Å². The molecule has 138 valence electrons. The summed E-state index contributed by atoms with van der Waals surface area (Å²) in [5.41, 5.74) is 0.773. The zero-order valence-corrected chi connectivity index (χ0v) is 14.7. The number of hydrogen-bond donors (Lipinski definition) is 0. The zero-order chi connectivity index (χ0) is 18.4. The van der Waals surface area contributed by atoms with Crippen LogP contribution >= 0.6 is 0 Å². The second-order valence-electron chi connectivity index (χ2n) is 7.22. The Labute approximate surface area is 155 Å². The molecule has 0 aliphatic carbocycles. The average molecular weight is 365 g/mol. The van der Waals surface area contributed by atoms with Crippen LogP contribution in [-0.2, 0) is 0 Å². The maximum Gasteiger partial charge on any atom is 0.282 e. The summed E-state index contributed by atoms with van der Waals surface area (Å²) in [6, 6.07) is 7.40. The number of fused-ring (bicyclic) bond motifs is 5.